The third kappa shape index (κ3) is 2.71. The zero-order chi connectivity index (χ0) is 11.4. The zero-order valence-corrected chi connectivity index (χ0v) is 9.91. The molecule has 2 rings (SSSR count). The first kappa shape index (κ1) is 11.4. The SMILES string of the molecule is C=C(C)C[NH2+]C[C@H]1OCCc2ccccc21. The highest BCUT2D eigenvalue weighted by atomic mass is 16.5. The minimum atomic E-state index is 0.254. The van der Waals surface area contributed by atoms with Crippen LogP contribution in [0.4, 0.5) is 0 Å². The van der Waals surface area contributed by atoms with Crippen molar-refractivity contribution in [1.82, 2.24) is 0 Å². The van der Waals surface area contributed by atoms with Gasteiger partial charge in [-0.2, -0.15) is 0 Å². The van der Waals surface area contributed by atoms with E-state index in [9.17, 15) is 0 Å². The lowest BCUT2D eigenvalue weighted by atomic mass is 9.97. The molecule has 0 spiro atoms. The van der Waals surface area contributed by atoms with Gasteiger partial charge in [0.2, 0.25) is 0 Å². The summed E-state index contributed by atoms with van der Waals surface area (Å²) in [6.07, 6.45) is 1.30. The molecule has 2 nitrogen and oxygen atoms in total. The van der Waals surface area contributed by atoms with Crippen molar-refractivity contribution in [3.05, 3.63) is 47.5 Å². The highest BCUT2D eigenvalue weighted by Crippen LogP contribution is 2.25. The maximum Gasteiger partial charge on any atom is 0.131 e. The molecule has 1 aromatic rings. The van der Waals surface area contributed by atoms with Gasteiger partial charge in [-0.05, 0) is 30.0 Å². The van der Waals surface area contributed by atoms with Gasteiger partial charge in [-0.1, -0.05) is 30.8 Å². The summed E-state index contributed by atoms with van der Waals surface area (Å²) < 4.78 is 5.83. The van der Waals surface area contributed by atoms with Crippen molar-refractivity contribution in [1.29, 1.82) is 0 Å². The van der Waals surface area contributed by atoms with Crippen molar-refractivity contribution in [2.75, 3.05) is 19.7 Å². The van der Waals surface area contributed by atoms with Crippen LogP contribution in [-0.2, 0) is 11.2 Å². The molecule has 2 heteroatoms. The van der Waals surface area contributed by atoms with E-state index in [-0.39, 0.29) is 6.10 Å². The first-order valence-electron chi connectivity index (χ1n) is 5.93. The van der Waals surface area contributed by atoms with E-state index in [1.54, 1.807) is 0 Å². The summed E-state index contributed by atoms with van der Waals surface area (Å²) in [7, 11) is 0. The Morgan fingerprint density at radius 3 is 3.12 bits per heavy atom. The number of rotatable bonds is 4. The number of benzene rings is 1. The summed E-state index contributed by atoms with van der Waals surface area (Å²) in [5.74, 6) is 0. The van der Waals surface area contributed by atoms with Gasteiger partial charge in [0, 0.05) is 0 Å². The summed E-state index contributed by atoms with van der Waals surface area (Å²) in [5.41, 5.74) is 4.03. The fourth-order valence-electron chi connectivity index (χ4n) is 2.15. The Morgan fingerprint density at radius 2 is 2.31 bits per heavy atom. The first-order valence-corrected chi connectivity index (χ1v) is 5.93. The molecule has 0 saturated carbocycles. The number of hydrogen-bond donors (Lipinski definition) is 1. The van der Waals surface area contributed by atoms with Crippen LogP contribution in [0.1, 0.15) is 24.2 Å². The molecule has 1 aliphatic heterocycles. The van der Waals surface area contributed by atoms with Crippen molar-refractivity contribution in [2.24, 2.45) is 0 Å². The minimum Gasteiger partial charge on any atom is -0.367 e. The zero-order valence-electron chi connectivity index (χ0n) is 9.91. The molecule has 0 radical (unpaired) electrons. The van der Waals surface area contributed by atoms with Crippen LogP contribution in [0.3, 0.4) is 0 Å². The second-order valence-electron chi connectivity index (χ2n) is 4.49. The van der Waals surface area contributed by atoms with Crippen LogP contribution < -0.4 is 5.32 Å². The van der Waals surface area contributed by atoms with Gasteiger partial charge in [0.1, 0.15) is 12.6 Å². The van der Waals surface area contributed by atoms with E-state index in [4.69, 9.17) is 4.74 Å². The van der Waals surface area contributed by atoms with Gasteiger partial charge in [-0.15, -0.1) is 0 Å². The van der Waals surface area contributed by atoms with Gasteiger partial charge in [0.15, 0.2) is 0 Å². The maximum atomic E-state index is 5.83. The average molecular weight is 218 g/mol. The van der Waals surface area contributed by atoms with Gasteiger partial charge in [0.05, 0.1) is 13.2 Å². The third-order valence-electron chi connectivity index (χ3n) is 2.97. The molecule has 0 saturated heterocycles. The largest absolute Gasteiger partial charge is 0.367 e. The van der Waals surface area contributed by atoms with E-state index in [0.29, 0.717) is 0 Å². The van der Waals surface area contributed by atoms with Crippen LogP contribution in [0.15, 0.2) is 36.4 Å². The smallest absolute Gasteiger partial charge is 0.131 e. The number of hydrogen-bond acceptors (Lipinski definition) is 1. The molecule has 86 valence electrons. The average Bonchev–Trinajstić information content (AvgIpc) is 2.29. The maximum absolute atomic E-state index is 5.83. The normalized spacial score (nSPS) is 19.2. The van der Waals surface area contributed by atoms with Crippen LogP contribution in [0.25, 0.3) is 0 Å². The molecule has 0 unspecified atom stereocenters. The van der Waals surface area contributed by atoms with E-state index >= 15 is 0 Å². The highest BCUT2D eigenvalue weighted by molar-refractivity contribution is 5.30. The van der Waals surface area contributed by atoms with Gasteiger partial charge in [-0.3, -0.25) is 0 Å². The predicted octanol–water partition coefficient (Wildman–Crippen LogP) is 1.44. The summed E-state index contributed by atoms with van der Waals surface area (Å²) in [6, 6.07) is 8.61. The van der Waals surface area contributed by atoms with Gasteiger partial charge in [0.25, 0.3) is 0 Å². The Balaban J connectivity index is 1.99. The van der Waals surface area contributed by atoms with E-state index in [2.05, 4.69) is 43.1 Å². The molecular formula is C14H20NO+. The number of fused-ring (bicyclic) bond motifs is 1. The molecular weight excluding hydrogens is 198 g/mol. The Bertz CT molecular complexity index is 373. The van der Waals surface area contributed by atoms with Crippen LogP contribution in [0.5, 0.6) is 0 Å². The predicted molar refractivity (Wildman–Crippen MR) is 65.3 cm³/mol. The molecule has 16 heavy (non-hydrogen) atoms. The number of ether oxygens (including phenoxy) is 1. The molecule has 1 aliphatic rings. The summed E-state index contributed by atoms with van der Waals surface area (Å²) in [6.45, 7) is 8.80. The molecule has 0 bridgehead atoms. The Morgan fingerprint density at radius 1 is 1.50 bits per heavy atom. The van der Waals surface area contributed by atoms with Crippen LogP contribution >= 0.6 is 0 Å². The summed E-state index contributed by atoms with van der Waals surface area (Å²) in [5, 5.41) is 2.27. The standard InChI is InChI=1S/C14H19NO/c1-11(2)9-15-10-14-13-6-4-3-5-12(13)7-8-16-14/h3-6,14-15H,1,7-10H2,2H3/p+1/t14-/m1/s1. The van der Waals surface area contributed by atoms with Crippen molar-refractivity contribution in [3.63, 3.8) is 0 Å². The Kier molecular flexibility index (Phi) is 3.75. The van der Waals surface area contributed by atoms with Crippen molar-refractivity contribution < 1.29 is 10.1 Å². The van der Waals surface area contributed by atoms with E-state index in [0.717, 1.165) is 26.1 Å². The Hall–Kier alpha value is -1.12. The van der Waals surface area contributed by atoms with E-state index in [1.165, 1.54) is 16.7 Å². The molecule has 1 heterocycles. The fraction of sp³-hybridized carbons (Fsp3) is 0.429. The molecule has 0 fully saturated rings. The van der Waals surface area contributed by atoms with Gasteiger partial charge >= 0.3 is 0 Å². The van der Waals surface area contributed by atoms with Crippen LogP contribution in [0.2, 0.25) is 0 Å². The monoisotopic (exact) mass is 218 g/mol. The summed E-state index contributed by atoms with van der Waals surface area (Å²) in [4.78, 5) is 0. The topological polar surface area (TPSA) is 25.8 Å². The Labute approximate surface area is 97.3 Å². The lowest BCUT2D eigenvalue weighted by Crippen LogP contribution is -2.85. The lowest BCUT2D eigenvalue weighted by Gasteiger charge is -2.24. The van der Waals surface area contributed by atoms with Gasteiger partial charge in [-0.25, -0.2) is 0 Å². The fourth-order valence-corrected chi connectivity index (χ4v) is 2.15. The molecule has 0 aromatic heterocycles. The molecule has 1 atom stereocenters. The molecule has 0 aliphatic carbocycles. The first-order chi connectivity index (χ1) is 7.77. The second-order valence-corrected chi connectivity index (χ2v) is 4.49. The van der Waals surface area contributed by atoms with Crippen LogP contribution in [-0.4, -0.2) is 19.7 Å². The lowest BCUT2D eigenvalue weighted by molar-refractivity contribution is -0.655. The van der Waals surface area contributed by atoms with Gasteiger partial charge < -0.3 is 10.1 Å². The van der Waals surface area contributed by atoms with Crippen molar-refractivity contribution in [3.8, 4) is 0 Å². The number of quaternary nitrogens is 1. The molecule has 0 amide bonds. The van der Waals surface area contributed by atoms with E-state index < -0.39 is 0 Å². The third-order valence-corrected chi connectivity index (χ3v) is 2.97. The quantitative estimate of drug-likeness (QED) is 0.760. The number of nitrogens with two attached hydrogens (primary N) is 1. The second kappa shape index (κ2) is 5.28. The molecule has 1 aromatic carbocycles. The minimum absolute atomic E-state index is 0.254. The van der Waals surface area contributed by atoms with Crippen molar-refractivity contribution >= 4 is 0 Å². The van der Waals surface area contributed by atoms with E-state index in [1.807, 2.05) is 0 Å². The summed E-state index contributed by atoms with van der Waals surface area (Å²) >= 11 is 0. The van der Waals surface area contributed by atoms with Crippen LogP contribution in [0, 0.1) is 0 Å². The highest BCUT2D eigenvalue weighted by Gasteiger charge is 2.21. The van der Waals surface area contributed by atoms with Crippen molar-refractivity contribution in [2.45, 2.75) is 19.4 Å². The molecule has 2 N–H and O–H groups in total.